The van der Waals surface area contributed by atoms with Crippen LogP contribution in [0, 0.1) is 0 Å². The molecule has 0 atom stereocenters. The Morgan fingerprint density at radius 1 is 0.556 bits per heavy atom. The molecule has 1 rings (SSSR count). The van der Waals surface area contributed by atoms with Crippen molar-refractivity contribution in [1.29, 1.82) is 0 Å². The Morgan fingerprint density at radius 3 is 1.33 bits per heavy atom. The molecule has 1 heterocycles. The van der Waals surface area contributed by atoms with E-state index in [-0.39, 0.29) is 62.6 Å². The van der Waals surface area contributed by atoms with Crippen LogP contribution >= 0.6 is 0 Å². The maximum atomic E-state index is 11.3. The highest BCUT2D eigenvalue weighted by Crippen LogP contribution is 1.89. The first-order valence-electron chi connectivity index (χ1n) is 5.64. The molecule has 0 radical (unpaired) electrons. The van der Waals surface area contributed by atoms with Gasteiger partial charge in [0, 0.05) is 25.9 Å². The lowest BCUT2D eigenvalue weighted by Gasteiger charge is -2.10. The van der Waals surface area contributed by atoms with Crippen LogP contribution in [0.5, 0.6) is 0 Å². The van der Waals surface area contributed by atoms with E-state index in [1.54, 1.807) is 0 Å². The molecule has 8 nitrogen and oxygen atoms in total. The second-order valence-electron chi connectivity index (χ2n) is 3.75. The molecule has 4 amide bonds. The van der Waals surface area contributed by atoms with Crippen molar-refractivity contribution >= 4 is 23.6 Å². The Kier molecular flexibility index (Phi) is 5.62. The molecule has 1 aliphatic rings. The van der Waals surface area contributed by atoms with Crippen molar-refractivity contribution in [2.45, 2.75) is 12.8 Å². The zero-order valence-electron chi connectivity index (χ0n) is 9.88. The summed E-state index contributed by atoms with van der Waals surface area (Å²) in [6.07, 6.45) is -0.0263. The smallest absolute Gasteiger partial charge is 0.239 e. The largest absolute Gasteiger partial charge is 0.353 e. The molecule has 1 fully saturated rings. The number of rotatable bonds is 0. The summed E-state index contributed by atoms with van der Waals surface area (Å²) >= 11 is 0. The Labute approximate surface area is 104 Å². The number of hydrogen-bond donors (Lipinski definition) is 4. The first-order chi connectivity index (χ1) is 8.58. The van der Waals surface area contributed by atoms with Crippen molar-refractivity contribution in [1.82, 2.24) is 21.3 Å². The van der Waals surface area contributed by atoms with Gasteiger partial charge < -0.3 is 21.3 Å². The molecule has 0 aromatic heterocycles. The molecule has 1 aliphatic heterocycles. The quantitative estimate of drug-likeness (QED) is 0.376. The average molecular weight is 256 g/mol. The van der Waals surface area contributed by atoms with E-state index in [0.29, 0.717) is 0 Å². The van der Waals surface area contributed by atoms with Gasteiger partial charge in [-0.3, -0.25) is 19.2 Å². The van der Waals surface area contributed by atoms with Crippen LogP contribution in [0.2, 0.25) is 0 Å². The molecule has 0 bridgehead atoms. The van der Waals surface area contributed by atoms with Crippen molar-refractivity contribution in [3.8, 4) is 0 Å². The average Bonchev–Trinajstić information content (AvgIpc) is 2.35. The lowest BCUT2D eigenvalue weighted by atomic mass is 10.2. The number of carbonyl (C=O) groups excluding carboxylic acids is 4. The topological polar surface area (TPSA) is 116 Å². The van der Waals surface area contributed by atoms with E-state index in [9.17, 15) is 19.2 Å². The molecule has 0 unspecified atom stereocenters. The molecule has 0 aromatic rings. The number of hydrogen-bond acceptors (Lipinski definition) is 4. The van der Waals surface area contributed by atoms with Gasteiger partial charge in [-0.2, -0.15) is 0 Å². The zero-order valence-corrected chi connectivity index (χ0v) is 9.88. The Morgan fingerprint density at radius 2 is 0.944 bits per heavy atom. The summed E-state index contributed by atoms with van der Waals surface area (Å²) in [5.41, 5.74) is 0. The van der Waals surface area contributed by atoms with Crippen LogP contribution in [-0.4, -0.2) is 49.8 Å². The molecule has 8 heteroatoms. The highest BCUT2D eigenvalue weighted by Gasteiger charge is 2.10. The van der Waals surface area contributed by atoms with Gasteiger partial charge >= 0.3 is 0 Å². The molecular weight excluding hydrogens is 240 g/mol. The first kappa shape index (κ1) is 13.9. The van der Waals surface area contributed by atoms with Gasteiger partial charge in [0.15, 0.2) is 0 Å². The molecule has 18 heavy (non-hydrogen) atoms. The third-order valence-electron chi connectivity index (χ3n) is 2.24. The molecule has 0 aromatic carbocycles. The van der Waals surface area contributed by atoms with E-state index >= 15 is 0 Å². The first-order valence-corrected chi connectivity index (χ1v) is 5.64. The second kappa shape index (κ2) is 7.25. The molecule has 4 N–H and O–H groups in total. The highest BCUT2D eigenvalue weighted by molar-refractivity contribution is 5.89. The summed E-state index contributed by atoms with van der Waals surface area (Å²) in [4.78, 5) is 45.0. The summed E-state index contributed by atoms with van der Waals surface area (Å²) in [7, 11) is 0. The third kappa shape index (κ3) is 5.83. The predicted molar refractivity (Wildman–Crippen MR) is 61.3 cm³/mol. The highest BCUT2D eigenvalue weighted by atomic mass is 16.2. The summed E-state index contributed by atoms with van der Waals surface area (Å²) in [6.45, 7) is 0.283. The van der Waals surface area contributed by atoms with Gasteiger partial charge in [0.25, 0.3) is 0 Å². The van der Waals surface area contributed by atoms with Gasteiger partial charge in [-0.05, 0) is 0 Å². The second-order valence-corrected chi connectivity index (χ2v) is 3.75. The van der Waals surface area contributed by atoms with E-state index < -0.39 is 0 Å². The zero-order chi connectivity index (χ0) is 13.4. The summed E-state index contributed by atoms with van der Waals surface area (Å²) in [6, 6.07) is 0. The molecule has 0 aliphatic carbocycles. The maximum absolute atomic E-state index is 11.3. The summed E-state index contributed by atoms with van der Waals surface area (Å²) in [5.74, 6) is -1.41. The van der Waals surface area contributed by atoms with Gasteiger partial charge in [0.1, 0.15) is 0 Å². The molecule has 1 saturated heterocycles. The lowest BCUT2D eigenvalue weighted by Crippen LogP contribution is -2.43. The Hall–Kier alpha value is -2.12. The monoisotopic (exact) mass is 256 g/mol. The van der Waals surface area contributed by atoms with Gasteiger partial charge in [-0.1, -0.05) is 0 Å². The fourth-order valence-corrected chi connectivity index (χ4v) is 1.29. The fourth-order valence-electron chi connectivity index (χ4n) is 1.29. The lowest BCUT2D eigenvalue weighted by molar-refractivity contribution is -0.129. The minimum atomic E-state index is -0.373. The normalized spacial score (nSPS) is 20.0. The standard InChI is InChI=1S/C10H16N4O4/c15-7-1-2-8(16)14-6-10(18)12-4-3-11-9(17)5-13-7/h1-6H2,(H,11,17)(H,12,18)(H,13,15)(H,14,16). The SMILES string of the molecule is O=C1CCC(=O)NCC(=O)NCCNC(=O)CN1. The van der Waals surface area contributed by atoms with Crippen molar-refractivity contribution in [3.05, 3.63) is 0 Å². The van der Waals surface area contributed by atoms with E-state index in [4.69, 9.17) is 0 Å². The van der Waals surface area contributed by atoms with Crippen LogP contribution in [0.3, 0.4) is 0 Å². The predicted octanol–water partition coefficient (Wildman–Crippen LogP) is -2.75. The molecule has 0 saturated carbocycles. The fraction of sp³-hybridized carbons (Fsp3) is 0.600. The van der Waals surface area contributed by atoms with Gasteiger partial charge in [0.05, 0.1) is 13.1 Å². The van der Waals surface area contributed by atoms with Crippen molar-refractivity contribution in [3.63, 3.8) is 0 Å². The van der Waals surface area contributed by atoms with Crippen LogP contribution in [0.25, 0.3) is 0 Å². The van der Waals surface area contributed by atoms with Crippen LogP contribution in [0.4, 0.5) is 0 Å². The molecule has 0 spiro atoms. The van der Waals surface area contributed by atoms with Crippen LogP contribution in [-0.2, 0) is 19.2 Å². The van der Waals surface area contributed by atoms with Crippen molar-refractivity contribution in [2.75, 3.05) is 26.2 Å². The minimum Gasteiger partial charge on any atom is -0.353 e. The molecular formula is C10H16N4O4. The van der Waals surface area contributed by atoms with E-state index in [1.807, 2.05) is 0 Å². The number of carbonyl (C=O) groups is 4. The van der Waals surface area contributed by atoms with Crippen molar-refractivity contribution in [2.24, 2.45) is 0 Å². The van der Waals surface area contributed by atoms with Gasteiger partial charge in [0.2, 0.25) is 23.6 Å². The van der Waals surface area contributed by atoms with Crippen LogP contribution in [0.15, 0.2) is 0 Å². The third-order valence-corrected chi connectivity index (χ3v) is 2.24. The van der Waals surface area contributed by atoms with Gasteiger partial charge in [-0.15, -0.1) is 0 Å². The maximum Gasteiger partial charge on any atom is 0.239 e. The van der Waals surface area contributed by atoms with E-state index in [2.05, 4.69) is 21.3 Å². The van der Waals surface area contributed by atoms with Crippen LogP contribution < -0.4 is 21.3 Å². The Balaban J connectivity index is 2.47. The minimum absolute atomic E-state index is 0.0132. The summed E-state index contributed by atoms with van der Waals surface area (Å²) < 4.78 is 0. The van der Waals surface area contributed by atoms with E-state index in [1.165, 1.54) is 0 Å². The number of amides is 4. The summed E-state index contributed by atoms with van der Waals surface area (Å²) in [5, 5.41) is 9.86. The van der Waals surface area contributed by atoms with Crippen molar-refractivity contribution < 1.29 is 19.2 Å². The van der Waals surface area contributed by atoms with Crippen LogP contribution in [0.1, 0.15) is 12.8 Å². The molecule has 100 valence electrons. The van der Waals surface area contributed by atoms with E-state index in [0.717, 1.165) is 0 Å². The Bertz CT molecular complexity index is 322. The number of nitrogens with one attached hydrogen (secondary N) is 4. The van der Waals surface area contributed by atoms with Gasteiger partial charge in [-0.25, -0.2) is 0 Å².